The Morgan fingerprint density at radius 3 is 2.17 bits per heavy atom. The molecule has 210 valence electrons. The molecule has 7 rings (SSSR count). The minimum absolute atomic E-state index is 1.09. The molecule has 1 aromatic heterocycles. The molecule has 1 nitrogen and oxygen atoms in total. The molecule has 0 radical (unpaired) electrons. The lowest BCUT2D eigenvalue weighted by Gasteiger charge is -2.14. The van der Waals surface area contributed by atoms with Gasteiger partial charge in [-0.15, -0.1) is 5.73 Å². The molecule has 2 aliphatic rings. The molecule has 5 aromatic rings. The molecule has 0 fully saturated rings. The van der Waals surface area contributed by atoms with E-state index in [0.717, 1.165) is 12.8 Å². The first-order valence-corrected chi connectivity index (χ1v) is 15.2. The average molecular weight is 548 g/mol. The van der Waals surface area contributed by atoms with Gasteiger partial charge in [0.1, 0.15) is 0 Å². The van der Waals surface area contributed by atoms with Crippen molar-refractivity contribution >= 4 is 22.6 Å². The van der Waals surface area contributed by atoms with E-state index in [0.29, 0.717) is 0 Å². The number of fused-ring (bicyclic) bond motifs is 3. The summed E-state index contributed by atoms with van der Waals surface area (Å²) in [5.74, 6) is 0. The maximum atomic E-state index is 3.14. The summed E-state index contributed by atoms with van der Waals surface area (Å²) in [6.07, 6.45) is 10.9. The summed E-state index contributed by atoms with van der Waals surface area (Å²) in [7, 11) is 0. The van der Waals surface area contributed by atoms with Crippen molar-refractivity contribution in [2.24, 2.45) is 0 Å². The van der Waals surface area contributed by atoms with E-state index in [9.17, 15) is 0 Å². The van der Waals surface area contributed by atoms with Crippen molar-refractivity contribution in [3.63, 3.8) is 0 Å². The van der Waals surface area contributed by atoms with Crippen LogP contribution >= 0.6 is 0 Å². The van der Waals surface area contributed by atoms with E-state index in [4.69, 9.17) is 0 Å². The first-order chi connectivity index (χ1) is 20.5. The first-order valence-electron chi connectivity index (χ1n) is 15.2. The fourth-order valence-corrected chi connectivity index (χ4v) is 5.96. The van der Waals surface area contributed by atoms with Crippen LogP contribution in [0.25, 0.3) is 39.4 Å². The predicted octanol–water partition coefficient (Wildman–Crippen LogP) is 11.4. The van der Waals surface area contributed by atoms with E-state index in [1.807, 2.05) is 19.9 Å². The van der Waals surface area contributed by atoms with Gasteiger partial charge in [-0.2, -0.15) is 0 Å². The van der Waals surface area contributed by atoms with Crippen LogP contribution in [0.5, 0.6) is 0 Å². The van der Waals surface area contributed by atoms with Crippen LogP contribution in [0, 0.1) is 20.8 Å². The summed E-state index contributed by atoms with van der Waals surface area (Å²) in [4.78, 5) is 0. The number of aromatic nitrogens is 1. The summed E-state index contributed by atoms with van der Waals surface area (Å²) in [5.41, 5.74) is 18.9. The second kappa shape index (κ2) is 12.9. The molecule has 0 N–H and O–H groups in total. The van der Waals surface area contributed by atoms with Gasteiger partial charge in [-0.25, -0.2) is 0 Å². The fraction of sp³-hybridized carbons (Fsp3) is 0.195. The summed E-state index contributed by atoms with van der Waals surface area (Å²) in [6, 6.07) is 33.0. The van der Waals surface area contributed by atoms with Crippen LogP contribution in [0.3, 0.4) is 0 Å². The molecule has 0 unspecified atom stereocenters. The summed E-state index contributed by atoms with van der Waals surface area (Å²) < 4.78 is 2.45. The number of allylic oxidation sites excluding steroid dienone is 4. The lowest BCUT2D eigenvalue weighted by atomic mass is 9.97. The van der Waals surface area contributed by atoms with Gasteiger partial charge in [0.25, 0.3) is 0 Å². The van der Waals surface area contributed by atoms with Crippen molar-refractivity contribution in [3.05, 3.63) is 154 Å². The zero-order valence-corrected chi connectivity index (χ0v) is 25.8. The van der Waals surface area contributed by atoms with Gasteiger partial charge in [0.15, 0.2) is 0 Å². The summed E-state index contributed by atoms with van der Waals surface area (Å²) in [6.45, 7) is 12.6. The molecule has 0 saturated heterocycles. The van der Waals surface area contributed by atoms with Crippen molar-refractivity contribution < 1.29 is 0 Å². The minimum atomic E-state index is 1.09. The molecular formula is C41H41N. The Bertz CT molecular complexity index is 1860. The second-order valence-electron chi connectivity index (χ2n) is 10.9. The normalized spacial score (nSPS) is 13.0. The first kappa shape index (κ1) is 28.9. The van der Waals surface area contributed by atoms with E-state index in [1.165, 1.54) is 72.4 Å². The van der Waals surface area contributed by atoms with Crippen LogP contribution in [-0.4, -0.2) is 4.57 Å². The number of nitrogens with zero attached hydrogens (tertiary/aromatic N) is 1. The lowest BCUT2D eigenvalue weighted by molar-refractivity contribution is 0.889. The number of aryl methyl sites for hydroxylation is 3. The van der Waals surface area contributed by atoms with Gasteiger partial charge in [-0.3, -0.25) is 0 Å². The molecule has 2 aliphatic carbocycles. The zero-order valence-electron chi connectivity index (χ0n) is 25.8. The highest BCUT2D eigenvalue weighted by Crippen LogP contribution is 2.35. The highest BCUT2D eigenvalue weighted by molar-refractivity contribution is 5.93. The number of benzene rings is 4. The van der Waals surface area contributed by atoms with E-state index < -0.39 is 0 Å². The van der Waals surface area contributed by atoms with Crippen molar-refractivity contribution in [2.45, 2.75) is 54.4 Å². The van der Waals surface area contributed by atoms with Crippen LogP contribution in [0.4, 0.5) is 0 Å². The molecule has 4 aromatic carbocycles. The predicted molar refractivity (Wildman–Crippen MR) is 183 cm³/mol. The number of hydrogen-bond acceptors (Lipinski definition) is 0. The maximum Gasteiger partial charge on any atom is 0.0537 e. The SMILES string of the molecule is CC.CC1=C(c2ccc(C)cc2C)C=C=C1.Cc1cccc(-c2cccc(-n3c4c(c5ccccc53)C=CCC4)c2)c1. The largest absolute Gasteiger partial charge is 0.313 e. The summed E-state index contributed by atoms with van der Waals surface area (Å²) >= 11 is 0. The van der Waals surface area contributed by atoms with Gasteiger partial charge in [-0.05, 0) is 104 Å². The lowest BCUT2D eigenvalue weighted by Crippen LogP contribution is -2.03. The highest BCUT2D eigenvalue weighted by atomic mass is 15.0. The second-order valence-corrected chi connectivity index (χ2v) is 10.9. The van der Waals surface area contributed by atoms with Crippen molar-refractivity contribution in [1.82, 2.24) is 4.57 Å². The molecule has 0 saturated carbocycles. The van der Waals surface area contributed by atoms with E-state index in [1.54, 1.807) is 0 Å². The van der Waals surface area contributed by atoms with Gasteiger partial charge >= 0.3 is 0 Å². The third kappa shape index (κ3) is 5.89. The molecule has 1 heteroatoms. The van der Waals surface area contributed by atoms with Crippen molar-refractivity contribution in [2.75, 3.05) is 0 Å². The van der Waals surface area contributed by atoms with Crippen LogP contribution in [0.15, 0.2) is 121 Å². The Morgan fingerprint density at radius 2 is 1.43 bits per heavy atom. The Hall–Kier alpha value is -4.58. The Kier molecular flexibility index (Phi) is 8.91. The zero-order chi connectivity index (χ0) is 29.6. The summed E-state index contributed by atoms with van der Waals surface area (Å²) in [5, 5.41) is 1.35. The highest BCUT2D eigenvalue weighted by Gasteiger charge is 2.18. The number of para-hydroxylation sites is 1. The van der Waals surface area contributed by atoms with Crippen LogP contribution in [0.2, 0.25) is 0 Å². The van der Waals surface area contributed by atoms with Crippen LogP contribution < -0.4 is 0 Å². The van der Waals surface area contributed by atoms with Crippen LogP contribution in [-0.2, 0) is 6.42 Å². The average Bonchev–Trinajstić information content (AvgIpc) is 3.59. The molecule has 0 atom stereocenters. The third-order valence-electron chi connectivity index (χ3n) is 7.93. The standard InChI is InChI=1S/C25H21N.C14H14.C2H6/c1-18-8-6-9-19(16-18)20-10-7-11-21(17-20)26-24-14-4-2-12-22(24)23-13-3-5-15-25(23)26;1-10-7-8-14(12(3)9-10)13-6-4-5-11(13)2;1-2/h2-4,6-14,16-17H,5,15H2,1H3;5-9H,1-3H3;1-2H3. The molecule has 0 amide bonds. The molecule has 0 spiro atoms. The van der Waals surface area contributed by atoms with Crippen molar-refractivity contribution in [1.29, 1.82) is 0 Å². The Labute approximate surface area is 251 Å². The maximum absolute atomic E-state index is 3.14. The Balaban J connectivity index is 0.000000187. The van der Waals surface area contributed by atoms with Gasteiger partial charge in [0, 0.05) is 22.3 Å². The van der Waals surface area contributed by atoms with Gasteiger partial charge in [0.2, 0.25) is 0 Å². The fourth-order valence-electron chi connectivity index (χ4n) is 5.96. The quantitative estimate of drug-likeness (QED) is 0.198. The van der Waals surface area contributed by atoms with E-state index in [-0.39, 0.29) is 0 Å². The number of rotatable bonds is 3. The number of hydrogen-bond donors (Lipinski definition) is 0. The molecule has 1 heterocycles. The van der Waals surface area contributed by atoms with E-state index >= 15 is 0 Å². The molecule has 42 heavy (non-hydrogen) atoms. The van der Waals surface area contributed by atoms with Gasteiger partial charge in [0.05, 0.1) is 5.52 Å². The van der Waals surface area contributed by atoms with Gasteiger partial charge < -0.3 is 4.57 Å². The molecule has 0 aliphatic heterocycles. The minimum Gasteiger partial charge on any atom is -0.313 e. The monoisotopic (exact) mass is 547 g/mol. The smallest absolute Gasteiger partial charge is 0.0537 e. The molecular weight excluding hydrogens is 506 g/mol. The topological polar surface area (TPSA) is 4.93 Å². The van der Waals surface area contributed by atoms with Crippen molar-refractivity contribution in [3.8, 4) is 16.8 Å². The van der Waals surface area contributed by atoms with Gasteiger partial charge in [-0.1, -0.05) is 110 Å². The third-order valence-corrected chi connectivity index (χ3v) is 7.93. The molecule has 0 bridgehead atoms. The van der Waals surface area contributed by atoms with Crippen LogP contribution in [0.1, 0.15) is 60.7 Å². The van der Waals surface area contributed by atoms with E-state index in [2.05, 4.69) is 147 Å². The Morgan fingerprint density at radius 1 is 0.690 bits per heavy atom.